The number of hydrogen-bond donors (Lipinski definition) is 0. The summed E-state index contributed by atoms with van der Waals surface area (Å²) in [5.74, 6) is 0.718. The minimum absolute atomic E-state index is 0.107. The highest BCUT2D eigenvalue weighted by atomic mass is 16.5. The Morgan fingerprint density at radius 2 is 2.30 bits per heavy atom. The molecule has 2 aromatic rings. The van der Waals surface area contributed by atoms with Crippen molar-refractivity contribution in [1.29, 1.82) is 0 Å². The largest absolute Gasteiger partial charge is 0.465 e. The van der Waals surface area contributed by atoms with E-state index in [0.717, 1.165) is 0 Å². The van der Waals surface area contributed by atoms with Crippen LogP contribution < -0.4 is 10.2 Å². The Balaban J connectivity index is 2.13. The molecule has 0 N–H and O–H groups in total. The Labute approximate surface area is 116 Å². The summed E-state index contributed by atoms with van der Waals surface area (Å²) in [6.07, 6.45) is 1.67. The Bertz CT molecular complexity index is 655. The first-order valence-electron chi connectivity index (χ1n) is 6.37. The van der Waals surface area contributed by atoms with Crippen LogP contribution in [0.5, 0.6) is 5.88 Å². The van der Waals surface area contributed by atoms with Gasteiger partial charge in [-0.05, 0) is 38.1 Å². The summed E-state index contributed by atoms with van der Waals surface area (Å²) in [6, 6.07) is 7.14. The molecule has 2 heterocycles. The topological polar surface area (TPSA) is 69.6 Å². The van der Waals surface area contributed by atoms with Crippen molar-refractivity contribution in [3.05, 3.63) is 41.7 Å². The molecular weight excluding hydrogens is 258 g/mol. The van der Waals surface area contributed by atoms with Gasteiger partial charge in [-0.1, -0.05) is 6.07 Å². The quantitative estimate of drug-likeness (QED) is 0.853. The molecule has 0 amide bonds. The molecule has 0 unspecified atom stereocenters. The lowest BCUT2D eigenvalue weighted by atomic mass is 10.4. The molecule has 0 saturated heterocycles. The summed E-state index contributed by atoms with van der Waals surface area (Å²) >= 11 is 0. The van der Waals surface area contributed by atoms with E-state index < -0.39 is 0 Å². The van der Waals surface area contributed by atoms with Gasteiger partial charge in [-0.25, -0.2) is 0 Å². The van der Waals surface area contributed by atoms with Crippen LogP contribution in [0.2, 0.25) is 0 Å². The molecule has 0 aliphatic heterocycles. The standard InChI is InChI=1S/C14H17N3O3/c1-10(2)15-12-6-4-5-7-17(12)14(18)9-19-13-8-11(3)20-16-13/h4-8,10H,9H2,1-3H3. The fourth-order valence-corrected chi connectivity index (χ4v) is 1.63. The van der Waals surface area contributed by atoms with E-state index in [0.29, 0.717) is 17.1 Å². The first kappa shape index (κ1) is 14.0. The summed E-state index contributed by atoms with van der Waals surface area (Å²) in [7, 11) is 0. The van der Waals surface area contributed by atoms with E-state index in [-0.39, 0.29) is 18.6 Å². The predicted molar refractivity (Wildman–Crippen MR) is 72.5 cm³/mol. The molecule has 0 radical (unpaired) electrons. The molecule has 0 aliphatic carbocycles. The summed E-state index contributed by atoms with van der Waals surface area (Å²) in [4.78, 5) is 16.5. The highest BCUT2D eigenvalue weighted by Crippen LogP contribution is 2.09. The van der Waals surface area contributed by atoms with Crippen molar-refractivity contribution >= 4 is 5.91 Å². The van der Waals surface area contributed by atoms with Crippen molar-refractivity contribution in [2.24, 2.45) is 4.99 Å². The normalized spacial score (nSPS) is 11.9. The van der Waals surface area contributed by atoms with E-state index in [9.17, 15) is 4.79 Å². The second-order valence-corrected chi connectivity index (χ2v) is 4.61. The molecule has 106 valence electrons. The second kappa shape index (κ2) is 6.18. The summed E-state index contributed by atoms with van der Waals surface area (Å²) < 4.78 is 11.6. The maximum Gasteiger partial charge on any atom is 0.270 e. The lowest BCUT2D eigenvalue weighted by molar-refractivity contribution is 0.0825. The summed E-state index contributed by atoms with van der Waals surface area (Å²) in [6.45, 7) is 5.54. The first-order valence-corrected chi connectivity index (χ1v) is 6.37. The van der Waals surface area contributed by atoms with Crippen LogP contribution in [0.25, 0.3) is 0 Å². The summed E-state index contributed by atoms with van der Waals surface area (Å²) in [5, 5.41) is 3.67. The molecule has 0 aromatic carbocycles. The number of pyridine rings is 1. The molecule has 2 rings (SSSR count). The number of nitrogens with zero attached hydrogens (tertiary/aromatic N) is 3. The van der Waals surface area contributed by atoms with Gasteiger partial charge in [0.25, 0.3) is 11.8 Å². The van der Waals surface area contributed by atoms with E-state index in [1.807, 2.05) is 19.9 Å². The van der Waals surface area contributed by atoms with Gasteiger partial charge in [-0.3, -0.25) is 14.4 Å². The van der Waals surface area contributed by atoms with Crippen molar-refractivity contribution in [2.45, 2.75) is 26.8 Å². The van der Waals surface area contributed by atoms with Gasteiger partial charge in [-0.15, -0.1) is 0 Å². The number of rotatable bonds is 4. The average molecular weight is 275 g/mol. The van der Waals surface area contributed by atoms with Gasteiger partial charge in [0.2, 0.25) is 0 Å². The monoisotopic (exact) mass is 275 g/mol. The molecule has 0 fully saturated rings. The second-order valence-electron chi connectivity index (χ2n) is 4.61. The Morgan fingerprint density at radius 1 is 1.50 bits per heavy atom. The van der Waals surface area contributed by atoms with Crippen molar-refractivity contribution < 1.29 is 14.1 Å². The summed E-state index contributed by atoms with van der Waals surface area (Å²) in [5.41, 5.74) is 0.604. The number of carbonyl (C=O) groups excluding carboxylic acids is 1. The zero-order chi connectivity index (χ0) is 14.5. The Morgan fingerprint density at radius 3 is 2.95 bits per heavy atom. The van der Waals surface area contributed by atoms with Crippen LogP contribution in [0.3, 0.4) is 0 Å². The maximum atomic E-state index is 12.1. The molecule has 0 spiro atoms. The van der Waals surface area contributed by atoms with E-state index in [1.54, 1.807) is 31.3 Å². The number of aromatic nitrogens is 2. The minimum Gasteiger partial charge on any atom is -0.465 e. The van der Waals surface area contributed by atoms with E-state index >= 15 is 0 Å². The van der Waals surface area contributed by atoms with Crippen LogP contribution in [-0.2, 0) is 0 Å². The molecule has 0 atom stereocenters. The molecule has 6 heteroatoms. The van der Waals surface area contributed by atoms with Crippen molar-refractivity contribution in [1.82, 2.24) is 9.72 Å². The number of ether oxygens (including phenoxy) is 1. The fraction of sp³-hybridized carbons (Fsp3) is 0.357. The Kier molecular flexibility index (Phi) is 4.34. The van der Waals surface area contributed by atoms with Crippen molar-refractivity contribution in [3.8, 4) is 5.88 Å². The van der Waals surface area contributed by atoms with E-state index in [4.69, 9.17) is 9.26 Å². The highest BCUT2D eigenvalue weighted by Gasteiger charge is 2.08. The minimum atomic E-state index is -0.217. The lowest BCUT2D eigenvalue weighted by Crippen LogP contribution is -2.31. The molecular formula is C14H17N3O3. The van der Waals surface area contributed by atoms with Gasteiger partial charge in [0.05, 0.1) is 0 Å². The molecule has 20 heavy (non-hydrogen) atoms. The first-order chi connectivity index (χ1) is 9.56. The number of hydrogen-bond acceptors (Lipinski definition) is 5. The SMILES string of the molecule is Cc1cc(OCC(=O)n2ccccc2=NC(C)C)no1. The third kappa shape index (κ3) is 3.57. The molecule has 6 nitrogen and oxygen atoms in total. The molecule has 0 bridgehead atoms. The van der Waals surface area contributed by atoms with Gasteiger partial charge >= 0.3 is 0 Å². The van der Waals surface area contributed by atoms with Crippen LogP contribution in [0.1, 0.15) is 24.4 Å². The van der Waals surface area contributed by atoms with Crippen LogP contribution in [0.4, 0.5) is 0 Å². The lowest BCUT2D eigenvalue weighted by Gasteiger charge is -2.07. The van der Waals surface area contributed by atoms with E-state index in [1.165, 1.54) is 4.57 Å². The van der Waals surface area contributed by atoms with Crippen molar-refractivity contribution in [2.75, 3.05) is 6.61 Å². The Hall–Kier alpha value is -2.37. The van der Waals surface area contributed by atoms with E-state index in [2.05, 4.69) is 10.1 Å². The van der Waals surface area contributed by atoms with Crippen molar-refractivity contribution in [3.63, 3.8) is 0 Å². The van der Waals surface area contributed by atoms with Gasteiger partial charge < -0.3 is 9.26 Å². The maximum absolute atomic E-state index is 12.1. The zero-order valence-corrected chi connectivity index (χ0v) is 11.7. The van der Waals surface area contributed by atoms with Gasteiger partial charge in [-0.2, -0.15) is 0 Å². The smallest absolute Gasteiger partial charge is 0.270 e. The van der Waals surface area contributed by atoms with Crippen LogP contribution >= 0.6 is 0 Å². The van der Waals surface area contributed by atoms with Gasteiger partial charge in [0, 0.05) is 18.3 Å². The van der Waals surface area contributed by atoms with Gasteiger partial charge in [0.1, 0.15) is 11.2 Å². The third-order valence-corrected chi connectivity index (χ3v) is 2.45. The molecule has 2 aromatic heterocycles. The average Bonchev–Trinajstić information content (AvgIpc) is 2.82. The van der Waals surface area contributed by atoms with Gasteiger partial charge in [0.15, 0.2) is 6.61 Å². The third-order valence-electron chi connectivity index (χ3n) is 2.45. The van der Waals surface area contributed by atoms with Crippen LogP contribution in [-0.4, -0.2) is 28.3 Å². The fourth-order valence-electron chi connectivity index (χ4n) is 1.63. The van der Waals surface area contributed by atoms with Crippen LogP contribution in [0, 0.1) is 6.92 Å². The molecule has 0 aliphatic rings. The highest BCUT2D eigenvalue weighted by molar-refractivity contribution is 5.80. The molecule has 0 saturated carbocycles. The number of carbonyl (C=O) groups is 1. The zero-order valence-electron chi connectivity index (χ0n) is 11.7. The predicted octanol–water partition coefficient (Wildman–Crippen LogP) is 1.81. The number of aryl methyl sites for hydroxylation is 1. The van der Waals surface area contributed by atoms with Crippen LogP contribution in [0.15, 0.2) is 40.0 Å².